The molecule has 1 aromatic carbocycles. The first-order chi connectivity index (χ1) is 15.3. The molecule has 0 saturated carbocycles. The normalized spacial score (nSPS) is 18.2. The summed E-state index contributed by atoms with van der Waals surface area (Å²) < 4.78 is 15.3. The number of benzene rings is 1. The molecule has 9 nitrogen and oxygen atoms in total. The summed E-state index contributed by atoms with van der Waals surface area (Å²) in [4.78, 5) is 49.5. The molecule has 1 saturated heterocycles. The van der Waals surface area contributed by atoms with Gasteiger partial charge in [-0.25, -0.2) is 4.79 Å². The number of methoxy groups -OCH3 is 1. The Hall–Kier alpha value is -3.11. The highest BCUT2D eigenvalue weighted by Gasteiger charge is 2.41. The lowest BCUT2D eigenvalue weighted by Gasteiger charge is -2.18. The zero-order valence-corrected chi connectivity index (χ0v) is 18.6. The summed E-state index contributed by atoms with van der Waals surface area (Å²) in [6.07, 6.45) is 3.02. The Morgan fingerprint density at radius 1 is 1.22 bits per heavy atom. The van der Waals surface area contributed by atoms with Crippen LogP contribution in [0.3, 0.4) is 0 Å². The van der Waals surface area contributed by atoms with Gasteiger partial charge in [-0.3, -0.25) is 14.4 Å². The lowest BCUT2D eigenvalue weighted by atomic mass is 9.90. The molecule has 3 atom stereocenters. The molecule has 0 aliphatic carbocycles. The number of esters is 2. The number of thiol groups is 1. The van der Waals surface area contributed by atoms with Crippen molar-refractivity contribution in [2.75, 3.05) is 32.2 Å². The van der Waals surface area contributed by atoms with Crippen LogP contribution in [0.5, 0.6) is 5.75 Å². The average molecular weight is 463 g/mol. The first-order valence-electron chi connectivity index (χ1n) is 9.83. The highest BCUT2D eigenvalue weighted by Crippen LogP contribution is 2.31. The van der Waals surface area contributed by atoms with Crippen molar-refractivity contribution in [2.24, 2.45) is 11.8 Å². The van der Waals surface area contributed by atoms with Crippen LogP contribution in [-0.2, 0) is 23.9 Å². The van der Waals surface area contributed by atoms with Gasteiger partial charge in [0.05, 0.1) is 24.4 Å². The van der Waals surface area contributed by atoms with Crippen molar-refractivity contribution in [3.63, 3.8) is 0 Å². The van der Waals surface area contributed by atoms with Crippen LogP contribution in [0.25, 0.3) is 0 Å². The van der Waals surface area contributed by atoms with Crippen molar-refractivity contribution in [1.29, 1.82) is 0 Å². The molecule has 0 radical (unpaired) electrons. The first kappa shape index (κ1) is 25.2. The van der Waals surface area contributed by atoms with Gasteiger partial charge in [0, 0.05) is 6.54 Å². The maximum Gasteiger partial charge on any atom is 0.340 e. The number of hydrogen-bond donors (Lipinski definition) is 3. The molecular weight excluding hydrogens is 436 g/mol. The summed E-state index contributed by atoms with van der Waals surface area (Å²) >= 11 is 3.81. The van der Waals surface area contributed by atoms with Crippen LogP contribution in [-0.4, -0.2) is 55.9 Å². The molecule has 1 aliphatic heterocycles. The first-order valence-corrected chi connectivity index (χ1v) is 10.3. The highest BCUT2D eigenvalue weighted by molar-refractivity contribution is 7.96. The Bertz CT molecular complexity index is 902. The Labute approximate surface area is 191 Å². The number of carbonyl (C=O) groups excluding carboxylic acids is 4. The molecule has 0 spiro atoms. The summed E-state index contributed by atoms with van der Waals surface area (Å²) in [7, 11) is 1.41. The van der Waals surface area contributed by atoms with Crippen LogP contribution < -0.4 is 15.4 Å². The number of para-hydroxylation sites is 1. The van der Waals surface area contributed by atoms with Gasteiger partial charge in [0.25, 0.3) is 0 Å². The number of amides is 1. The molecule has 2 rings (SSSR count). The van der Waals surface area contributed by atoms with Crippen molar-refractivity contribution in [3.8, 4) is 5.75 Å². The van der Waals surface area contributed by atoms with Gasteiger partial charge in [-0.05, 0) is 24.5 Å². The van der Waals surface area contributed by atoms with E-state index < -0.39 is 40.8 Å². The number of hydrogen-bond acceptors (Lipinski definition) is 8. The largest absolute Gasteiger partial charge is 0.495 e. The average Bonchev–Trinajstić information content (AvgIpc) is 3.25. The second kappa shape index (κ2) is 12.1. The summed E-state index contributed by atoms with van der Waals surface area (Å²) in [5.41, 5.74) is 0.275. The van der Waals surface area contributed by atoms with E-state index in [-0.39, 0.29) is 43.2 Å². The SMILES string of the molecule is C=CCOC(=O)c1cccc(OC)c1NC(=O)C1CC(C(C(=O)S)C(=O)OCC=C)CN1. The molecule has 1 fully saturated rings. The smallest absolute Gasteiger partial charge is 0.340 e. The molecule has 3 unspecified atom stereocenters. The topological polar surface area (TPSA) is 120 Å². The Kier molecular flexibility index (Phi) is 9.48. The summed E-state index contributed by atoms with van der Waals surface area (Å²) in [6.45, 7) is 7.18. The fourth-order valence-electron chi connectivity index (χ4n) is 3.37. The third-order valence-electron chi connectivity index (χ3n) is 4.86. The van der Waals surface area contributed by atoms with Gasteiger partial charge in [-0.15, -0.1) is 12.6 Å². The van der Waals surface area contributed by atoms with Crippen LogP contribution >= 0.6 is 12.6 Å². The Morgan fingerprint density at radius 2 is 1.91 bits per heavy atom. The van der Waals surface area contributed by atoms with E-state index in [1.54, 1.807) is 12.1 Å². The van der Waals surface area contributed by atoms with Gasteiger partial charge >= 0.3 is 11.9 Å². The van der Waals surface area contributed by atoms with Gasteiger partial charge in [0.15, 0.2) is 5.12 Å². The zero-order chi connectivity index (χ0) is 23.7. The second-order valence-electron chi connectivity index (χ2n) is 6.95. The fourth-order valence-corrected chi connectivity index (χ4v) is 3.68. The van der Waals surface area contributed by atoms with E-state index in [0.717, 1.165) is 0 Å². The van der Waals surface area contributed by atoms with Gasteiger partial charge in [0.1, 0.15) is 24.9 Å². The van der Waals surface area contributed by atoms with Gasteiger partial charge in [0.2, 0.25) is 5.91 Å². The van der Waals surface area contributed by atoms with Crippen molar-refractivity contribution < 1.29 is 33.4 Å². The monoisotopic (exact) mass is 462 g/mol. The number of ether oxygens (including phenoxy) is 3. The van der Waals surface area contributed by atoms with E-state index in [4.69, 9.17) is 14.2 Å². The van der Waals surface area contributed by atoms with Crippen LogP contribution in [0.1, 0.15) is 16.8 Å². The van der Waals surface area contributed by atoms with E-state index in [9.17, 15) is 19.2 Å². The maximum absolute atomic E-state index is 12.9. The number of anilines is 1. The van der Waals surface area contributed by atoms with E-state index >= 15 is 0 Å². The van der Waals surface area contributed by atoms with E-state index in [1.807, 2.05) is 0 Å². The van der Waals surface area contributed by atoms with Gasteiger partial charge in [-0.1, -0.05) is 31.4 Å². The minimum Gasteiger partial charge on any atom is -0.495 e. The molecule has 2 N–H and O–H groups in total. The molecule has 0 bridgehead atoms. The molecule has 1 amide bonds. The van der Waals surface area contributed by atoms with E-state index in [1.165, 1.54) is 25.3 Å². The fraction of sp³-hybridized carbons (Fsp3) is 0.364. The Morgan fingerprint density at radius 3 is 2.53 bits per heavy atom. The van der Waals surface area contributed by atoms with Crippen LogP contribution in [0.4, 0.5) is 5.69 Å². The quantitative estimate of drug-likeness (QED) is 0.197. The maximum atomic E-state index is 12.9. The number of rotatable bonds is 11. The predicted molar refractivity (Wildman–Crippen MR) is 121 cm³/mol. The van der Waals surface area contributed by atoms with Crippen molar-refractivity contribution in [3.05, 3.63) is 49.1 Å². The summed E-state index contributed by atoms with van der Waals surface area (Å²) in [6, 6.07) is 3.97. The van der Waals surface area contributed by atoms with Crippen molar-refractivity contribution >= 4 is 41.3 Å². The zero-order valence-electron chi connectivity index (χ0n) is 17.7. The Balaban J connectivity index is 2.16. The predicted octanol–water partition coefficient (Wildman–Crippen LogP) is 1.76. The van der Waals surface area contributed by atoms with Crippen LogP contribution in [0.15, 0.2) is 43.5 Å². The molecular formula is C22H26N2O7S. The third-order valence-corrected chi connectivity index (χ3v) is 5.14. The van der Waals surface area contributed by atoms with Crippen molar-refractivity contribution in [1.82, 2.24) is 5.32 Å². The molecule has 1 aliphatic rings. The molecule has 0 aromatic heterocycles. The van der Waals surface area contributed by atoms with E-state index in [2.05, 4.69) is 36.4 Å². The molecule has 172 valence electrons. The minimum absolute atomic E-state index is 0.0103. The van der Waals surface area contributed by atoms with Gasteiger partial charge in [-0.2, -0.15) is 0 Å². The molecule has 10 heteroatoms. The molecule has 1 aromatic rings. The minimum atomic E-state index is -1.11. The van der Waals surface area contributed by atoms with Crippen LogP contribution in [0.2, 0.25) is 0 Å². The second-order valence-corrected chi connectivity index (χ2v) is 7.39. The van der Waals surface area contributed by atoms with Gasteiger partial charge < -0.3 is 24.8 Å². The molecule has 1 heterocycles. The van der Waals surface area contributed by atoms with Crippen LogP contribution in [0, 0.1) is 11.8 Å². The number of carbonyl (C=O) groups is 4. The van der Waals surface area contributed by atoms with E-state index in [0.29, 0.717) is 0 Å². The van der Waals surface area contributed by atoms with Crippen molar-refractivity contribution in [2.45, 2.75) is 12.5 Å². The standard InChI is InChI=1S/C22H26N2O7S/c1-4-9-30-20(26)14-7-6-8-16(29-3)18(14)24-19(25)15-11-13(12-23-15)17(22(28)32)21(27)31-10-5-2/h4-8,13,15,17,23H,1-2,9-12H2,3H3,(H,24,25)(H,28,32). The molecule has 32 heavy (non-hydrogen) atoms. The lowest BCUT2D eigenvalue weighted by Crippen LogP contribution is -2.36. The third kappa shape index (κ3) is 6.21. The highest BCUT2D eigenvalue weighted by atomic mass is 32.1. The summed E-state index contributed by atoms with van der Waals surface area (Å²) in [5.74, 6) is -3.14. The number of nitrogens with one attached hydrogen (secondary N) is 2. The summed E-state index contributed by atoms with van der Waals surface area (Å²) in [5, 5.41) is 5.06. The lowest BCUT2D eigenvalue weighted by molar-refractivity contribution is -0.151.